The van der Waals surface area contributed by atoms with Gasteiger partial charge in [0.15, 0.2) is 0 Å². The summed E-state index contributed by atoms with van der Waals surface area (Å²) in [6.45, 7) is 4.56. The van der Waals surface area contributed by atoms with Gasteiger partial charge in [-0.15, -0.1) is 0 Å². The fraction of sp³-hybridized carbons (Fsp3) is 0.571. The Balaban J connectivity index is 1.89. The Labute approximate surface area is 117 Å². The largest absolute Gasteiger partial charge is 0.303 e. The van der Waals surface area contributed by atoms with E-state index in [-0.39, 0.29) is 23.9 Å². The van der Waals surface area contributed by atoms with Gasteiger partial charge in [-0.25, -0.2) is 0 Å². The number of carbonyl (C=O) groups is 2. The highest BCUT2D eigenvalue weighted by Crippen LogP contribution is 2.15. The van der Waals surface area contributed by atoms with Crippen molar-refractivity contribution >= 4 is 23.2 Å². The van der Waals surface area contributed by atoms with Gasteiger partial charge in [-0.3, -0.25) is 14.5 Å². The van der Waals surface area contributed by atoms with Crippen LogP contribution in [0.25, 0.3) is 0 Å². The number of nitrogens with zero attached hydrogens (tertiary/aromatic N) is 1. The molecule has 1 aliphatic heterocycles. The molecule has 2 rings (SSSR count). The smallest absolute Gasteiger partial charge is 0.246 e. The average Bonchev–Trinajstić information content (AvgIpc) is 2.94. The van der Waals surface area contributed by atoms with Gasteiger partial charge in [0.1, 0.15) is 0 Å². The minimum Gasteiger partial charge on any atom is -0.303 e. The molecule has 19 heavy (non-hydrogen) atoms. The highest BCUT2D eigenvalue weighted by atomic mass is 32.1. The quantitative estimate of drug-likeness (QED) is 0.809. The fourth-order valence-electron chi connectivity index (χ4n) is 2.44. The SMILES string of the molecule is CCCN1C(=O)CC(NC(C)Cc2ccsc2)C1=O. The Bertz CT molecular complexity index is 444. The molecule has 0 radical (unpaired) electrons. The fourth-order valence-corrected chi connectivity index (χ4v) is 3.12. The molecule has 104 valence electrons. The highest BCUT2D eigenvalue weighted by molar-refractivity contribution is 7.07. The van der Waals surface area contributed by atoms with Gasteiger partial charge in [0.25, 0.3) is 0 Å². The standard InChI is InChI=1S/C14H20N2O2S/c1-3-5-16-13(17)8-12(14(16)18)15-10(2)7-11-4-6-19-9-11/h4,6,9-10,12,15H,3,5,7-8H2,1-2H3. The summed E-state index contributed by atoms with van der Waals surface area (Å²) in [5.74, 6) is -0.115. The van der Waals surface area contributed by atoms with Crippen LogP contribution in [0.1, 0.15) is 32.3 Å². The van der Waals surface area contributed by atoms with Gasteiger partial charge >= 0.3 is 0 Å². The van der Waals surface area contributed by atoms with Crippen LogP contribution in [-0.4, -0.2) is 35.3 Å². The lowest BCUT2D eigenvalue weighted by Gasteiger charge is -2.18. The van der Waals surface area contributed by atoms with Gasteiger partial charge in [0.05, 0.1) is 12.5 Å². The second-order valence-corrected chi connectivity index (χ2v) is 5.82. The molecular weight excluding hydrogens is 260 g/mol. The van der Waals surface area contributed by atoms with Crippen molar-refractivity contribution in [2.45, 2.75) is 45.2 Å². The third-order valence-electron chi connectivity index (χ3n) is 3.30. The molecule has 2 unspecified atom stereocenters. The second-order valence-electron chi connectivity index (χ2n) is 5.04. The van der Waals surface area contributed by atoms with E-state index in [4.69, 9.17) is 0 Å². The summed E-state index contributed by atoms with van der Waals surface area (Å²) >= 11 is 1.68. The van der Waals surface area contributed by atoms with Crippen molar-refractivity contribution in [1.29, 1.82) is 0 Å². The highest BCUT2D eigenvalue weighted by Gasteiger charge is 2.38. The molecular formula is C14H20N2O2S. The van der Waals surface area contributed by atoms with Gasteiger partial charge in [0, 0.05) is 12.6 Å². The van der Waals surface area contributed by atoms with Crippen LogP contribution in [0, 0.1) is 0 Å². The summed E-state index contributed by atoms with van der Waals surface area (Å²) in [6.07, 6.45) is 2.00. The third-order valence-corrected chi connectivity index (χ3v) is 4.03. The van der Waals surface area contributed by atoms with Crippen molar-refractivity contribution < 1.29 is 9.59 Å². The van der Waals surface area contributed by atoms with Crippen LogP contribution in [0.3, 0.4) is 0 Å². The third kappa shape index (κ3) is 3.42. The van der Waals surface area contributed by atoms with Crippen LogP contribution >= 0.6 is 11.3 Å². The number of nitrogens with one attached hydrogen (secondary N) is 1. The number of carbonyl (C=O) groups excluding carboxylic acids is 2. The molecule has 0 aliphatic carbocycles. The van der Waals surface area contributed by atoms with E-state index in [0.29, 0.717) is 13.0 Å². The van der Waals surface area contributed by atoms with Gasteiger partial charge in [-0.1, -0.05) is 6.92 Å². The minimum atomic E-state index is -0.340. The van der Waals surface area contributed by atoms with E-state index >= 15 is 0 Å². The maximum absolute atomic E-state index is 12.1. The molecule has 2 heterocycles. The molecule has 1 aromatic heterocycles. The zero-order valence-electron chi connectivity index (χ0n) is 11.4. The van der Waals surface area contributed by atoms with Crippen molar-refractivity contribution in [3.8, 4) is 0 Å². The van der Waals surface area contributed by atoms with Crippen molar-refractivity contribution in [2.75, 3.05) is 6.54 Å². The van der Waals surface area contributed by atoms with Crippen molar-refractivity contribution in [3.05, 3.63) is 22.4 Å². The molecule has 1 saturated heterocycles. The molecule has 1 N–H and O–H groups in total. The van der Waals surface area contributed by atoms with E-state index in [0.717, 1.165) is 12.8 Å². The van der Waals surface area contributed by atoms with Gasteiger partial charge in [0.2, 0.25) is 11.8 Å². The van der Waals surface area contributed by atoms with Crippen molar-refractivity contribution in [2.24, 2.45) is 0 Å². The van der Waals surface area contributed by atoms with E-state index in [1.165, 1.54) is 10.5 Å². The molecule has 1 aliphatic rings. The maximum atomic E-state index is 12.1. The molecule has 0 saturated carbocycles. The maximum Gasteiger partial charge on any atom is 0.246 e. The lowest BCUT2D eigenvalue weighted by atomic mass is 10.1. The first-order valence-corrected chi connectivity index (χ1v) is 7.67. The average molecular weight is 280 g/mol. The van der Waals surface area contributed by atoms with Crippen LogP contribution in [0.4, 0.5) is 0 Å². The van der Waals surface area contributed by atoms with Crippen LogP contribution in [-0.2, 0) is 16.0 Å². The molecule has 1 aromatic rings. The second kappa shape index (κ2) is 6.30. The Hall–Kier alpha value is -1.20. The van der Waals surface area contributed by atoms with E-state index < -0.39 is 0 Å². The van der Waals surface area contributed by atoms with E-state index in [2.05, 4.69) is 29.1 Å². The number of hydrogen-bond acceptors (Lipinski definition) is 4. The first kappa shape index (κ1) is 14.2. The number of hydrogen-bond donors (Lipinski definition) is 1. The summed E-state index contributed by atoms with van der Waals surface area (Å²) in [6, 6.07) is 1.94. The Morgan fingerprint density at radius 3 is 2.95 bits per heavy atom. The number of amides is 2. The lowest BCUT2D eigenvalue weighted by Crippen LogP contribution is -2.43. The Morgan fingerprint density at radius 1 is 1.53 bits per heavy atom. The normalized spacial score (nSPS) is 21.2. The summed E-state index contributed by atoms with van der Waals surface area (Å²) < 4.78 is 0. The Morgan fingerprint density at radius 2 is 2.32 bits per heavy atom. The number of thiophene rings is 1. The first-order valence-electron chi connectivity index (χ1n) is 6.73. The molecule has 2 amide bonds. The lowest BCUT2D eigenvalue weighted by molar-refractivity contribution is -0.138. The molecule has 4 nitrogen and oxygen atoms in total. The van der Waals surface area contributed by atoms with Gasteiger partial charge < -0.3 is 5.32 Å². The minimum absolute atomic E-state index is 0.0490. The van der Waals surface area contributed by atoms with Crippen LogP contribution < -0.4 is 5.32 Å². The zero-order valence-corrected chi connectivity index (χ0v) is 12.2. The number of likely N-dealkylation sites (tertiary alicyclic amines) is 1. The van der Waals surface area contributed by atoms with E-state index in [1.807, 2.05) is 6.92 Å². The zero-order chi connectivity index (χ0) is 13.8. The van der Waals surface area contributed by atoms with Crippen molar-refractivity contribution in [1.82, 2.24) is 10.2 Å². The van der Waals surface area contributed by atoms with Crippen LogP contribution in [0.5, 0.6) is 0 Å². The van der Waals surface area contributed by atoms with Crippen LogP contribution in [0.15, 0.2) is 16.8 Å². The predicted molar refractivity (Wildman–Crippen MR) is 76.0 cm³/mol. The monoisotopic (exact) mass is 280 g/mol. The number of rotatable bonds is 6. The van der Waals surface area contributed by atoms with Crippen molar-refractivity contribution in [3.63, 3.8) is 0 Å². The molecule has 0 aromatic carbocycles. The molecule has 5 heteroatoms. The topological polar surface area (TPSA) is 49.4 Å². The number of imide groups is 1. The first-order chi connectivity index (χ1) is 9.11. The van der Waals surface area contributed by atoms with Crippen LogP contribution in [0.2, 0.25) is 0 Å². The summed E-state index contributed by atoms with van der Waals surface area (Å²) in [5.41, 5.74) is 1.27. The van der Waals surface area contributed by atoms with Gasteiger partial charge in [-0.2, -0.15) is 11.3 Å². The summed E-state index contributed by atoms with van der Waals surface area (Å²) in [7, 11) is 0. The predicted octanol–water partition coefficient (Wildman–Crippen LogP) is 1.81. The molecule has 0 bridgehead atoms. The Kier molecular flexibility index (Phi) is 4.71. The molecule has 2 atom stereocenters. The summed E-state index contributed by atoms with van der Waals surface area (Å²) in [4.78, 5) is 25.2. The van der Waals surface area contributed by atoms with Gasteiger partial charge in [-0.05, 0) is 42.2 Å². The molecule has 0 spiro atoms. The van der Waals surface area contributed by atoms with E-state index in [1.54, 1.807) is 11.3 Å². The molecule has 1 fully saturated rings. The van der Waals surface area contributed by atoms with E-state index in [9.17, 15) is 9.59 Å². The summed E-state index contributed by atoms with van der Waals surface area (Å²) in [5, 5.41) is 7.44.